The van der Waals surface area contributed by atoms with Gasteiger partial charge in [-0.1, -0.05) is 0 Å². The second-order valence-electron chi connectivity index (χ2n) is 4.10. The van der Waals surface area contributed by atoms with Crippen molar-refractivity contribution in [3.05, 3.63) is 0 Å². The zero-order valence-electron chi connectivity index (χ0n) is 10.2. The van der Waals surface area contributed by atoms with Crippen LogP contribution in [0.4, 0.5) is 0 Å². The molecule has 2 amide bonds. The minimum absolute atomic E-state index is 0.0862. The van der Waals surface area contributed by atoms with Crippen molar-refractivity contribution >= 4 is 23.4 Å². The molecular formula is C11H21ClN2O2. The van der Waals surface area contributed by atoms with Gasteiger partial charge in [0.1, 0.15) is 6.04 Å². The van der Waals surface area contributed by atoms with Crippen LogP contribution in [0.1, 0.15) is 40.0 Å². The molecule has 0 aromatic rings. The molecule has 0 aromatic carbocycles. The first-order valence-electron chi connectivity index (χ1n) is 5.63. The lowest BCUT2D eigenvalue weighted by Crippen LogP contribution is -2.46. The Bertz CT molecular complexity index is 232. The molecule has 0 aliphatic carbocycles. The molecule has 0 aliphatic heterocycles. The number of alkyl halides is 1. The van der Waals surface area contributed by atoms with Crippen molar-refractivity contribution in [2.45, 2.75) is 52.1 Å². The van der Waals surface area contributed by atoms with Crippen LogP contribution in [0.25, 0.3) is 0 Å². The molecule has 0 aromatic heterocycles. The van der Waals surface area contributed by atoms with Crippen molar-refractivity contribution in [2.75, 3.05) is 5.88 Å². The average molecular weight is 249 g/mol. The van der Waals surface area contributed by atoms with Crippen molar-refractivity contribution in [2.24, 2.45) is 0 Å². The third-order valence-corrected chi connectivity index (χ3v) is 2.26. The number of hydrogen-bond donors (Lipinski definition) is 2. The second kappa shape index (κ2) is 8.39. The summed E-state index contributed by atoms with van der Waals surface area (Å²) >= 11 is 5.50. The molecular weight excluding hydrogens is 228 g/mol. The highest BCUT2D eigenvalue weighted by Gasteiger charge is 2.15. The van der Waals surface area contributed by atoms with Crippen LogP contribution in [0.2, 0.25) is 0 Å². The summed E-state index contributed by atoms with van der Waals surface area (Å²) < 4.78 is 0. The Kier molecular flexibility index (Phi) is 7.99. The summed E-state index contributed by atoms with van der Waals surface area (Å²) in [5, 5.41) is 5.39. The summed E-state index contributed by atoms with van der Waals surface area (Å²) in [6, 6.07) is -0.394. The quantitative estimate of drug-likeness (QED) is 0.529. The van der Waals surface area contributed by atoms with E-state index in [1.54, 1.807) is 6.92 Å². The number of nitrogens with one attached hydrogen (secondary N) is 2. The van der Waals surface area contributed by atoms with Crippen molar-refractivity contribution < 1.29 is 9.59 Å². The lowest BCUT2D eigenvalue weighted by Gasteiger charge is -2.15. The first kappa shape index (κ1) is 15.2. The number of carbonyl (C=O) groups is 2. The smallest absolute Gasteiger partial charge is 0.242 e. The van der Waals surface area contributed by atoms with Gasteiger partial charge in [-0.3, -0.25) is 9.59 Å². The van der Waals surface area contributed by atoms with Crippen LogP contribution in [0.3, 0.4) is 0 Å². The van der Waals surface area contributed by atoms with Gasteiger partial charge >= 0.3 is 0 Å². The summed E-state index contributed by atoms with van der Waals surface area (Å²) in [5.74, 6) is 0.314. The van der Waals surface area contributed by atoms with E-state index in [1.807, 2.05) is 13.8 Å². The SMILES string of the molecule is CC(C)NC(=O)C(C)NC(=O)CCCCCl. The van der Waals surface area contributed by atoms with E-state index in [4.69, 9.17) is 11.6 Å². The monoisotopic (exact) mass is 248 g/mol. The molecule has 0 heterocycles. The maximum atomic E-state index is 11.5. The molecule has 4 nitrogen and oxygen atoms in total. The lowest BCUT2D eigenvalue weighted by atomic mass is 10.2. The molecule has 0 bridgehead atoms. The topological polar surface area (TPSA) is 58.2 Å². The van der Waals surface area contributed by atoms with Crippen molar-refractivity contribution in [3.8, 4) is 0 Å². The van der Waals surface area contributed by atoms with E-state index < -0.39 is 6.04 Å². The Hall–Kier alpha value is -0.770. The third kappa shape index (κ3) is 7.51. The minimum atomic E-state index is -0.481. The Balaban J connectivity index is 3.80. The number of carbonyl (C=O) groups excluding carboxylic acids is 2. The molecule has 0 fully saturated rings. The van der Waals surface area contributed by atoms with Crippen LogP contribution >= 0.6 is 11.6 Å². The standard InChI is InChI=1S/C11H21ClN2O2/c1-8(2)13-11(16)9(3)14-10(15)6-4-5-7-12/h8-9H,4-7H2,1-3H3,(H,13,16)(H,14,15). The van der Waals surface area contributed by atoms with E-state index in [0.29, 0.717) is 12.3 Å². The Morgan fingerprint density at radius 1 is 1.12 bits per heavy atom. The molecule has 1 atom stereocenters. The largest absolute Gasteiger partial charge is 0.352 e. The van der Waals surface area contributed by atoms with E-state index >= 15 is 0 Å². The van der Waals surface area contributed by atoms with E-state index in [1.165, 1.54) is 0 Å². The molecule has 0 rings (SSSR count). The lowest BCUT2D eigenvalue weighted by molar-refractivity contribution is -0.128. The molecule has 0 spiro atoms. The van der Waals surface area contributed by atoms with Crippen molar-refractivity contribution in [1.82, 2.24) is 10.6 Å². The number of halogens is 1. The highest BCUT2D eigenvalue weighted by Crippen LogP contribution is 1.97. The molecule has 94 valence electrons. The second-order valence-corrected chi connectivity index (χ2v) is 4.48. The summed E-state index contributed by atoms with van der Waals surface area (Å²) in [5.41, 5.74) is 0. The van der Waals surface area contributed by atoms with Crippen LogP contribution in [0.5, 0.6) is 0 Å². The molecule has 0 saturated carbocycles. The molecule has 0 saturated heterocycles. The normalized spacial score (nSPS) is 12.3. The number of unbranched alkanes of at least 4 members (excludes halogenated alkanes) is 1. The summed E-state index contributed by atoms with van der Waals surface area (Å²) in [6.07, 6.45) is 2.00. The highest BCUT2D eigenvalue weighted by atomic mass is 35.5. The predicted octanol–water partition coefficient (Wildman–Crippen LogP) is 1.42. The minimum Gasteiger partial charge on any atom is -0.352 e. The molecule has 5 heteroatoms. The fourth-order valence-electron chi connectivity index (χ4n) is 1.17. The zero-order valence-corrected chi connectivity index (χ0v) is 10.9. The van der Waals surface area contributed by atoms with Gasteiger partial charge in [0, 0.05) is 18.3 Å². The molecule has 0 radical (unpaired) electrons. The van der Waals surface area contributed by atoms with E-state index in [-0.39, 0.29) is 17.9 Å². The van der Waals surface area contributed by atoms with Crippen LogP contribution < -0.4 is 10.6 Å². The summed E-state index contributed by atoms with van der Waals surface area (Å²) in [6.45, 7) is 5.44. The van der Waals surface area contributed by atoms with Crippen LogP contribution in [-0.4, -0.2) is 29.8 Å². The number of rotatable bonds is 7. The first-order chi connectivity index (χ1) is 7.47. The predicted molar refractivity (Wildman–Crippen MR) is 65.5 cm³/mol. The van der Waals surface area contributed by atoms with Gasteiger partial charge in [0.05, 0.1) is 0 Å². The highest BCUT2D eigenvalue weighted by molar-refractivity contribution is 6.17. The van der Waals surface area contributed by atoms with E-state index in [0.717, 1.165) is 12.8 Å². The molecule has 1 unspecified atom stereocenters. The average Bonchev–Trinajstić information content (AvgIpc) is 2.16. The fraction of sp³-hybridized carbons (Fsp3) is 0.818. The fourth-order valence-corrected chi connectivity index (χ4v) is 1.36. The van der Waals surface area contributed by atoms with E-state index in [9.17, 15) is 9.59 Å². The van der Waals surface area contributed by atoms with Gasteiger partial charge < -0.3 is 10.6 Å². The van der Waals surface area contributed by atoms with Gasteiger partial charge in [0.15, 0.2) is 0 Å². The Morgan fingerprint density at radius 3 is 2.25 bits per heavy atom. The van der Waals surface area contributed by atoms with Gasteiger partial charge in [-0.05, 0) is 33.6 Å². The van der Waals surface area contributed by atoms with Crippen molar-refractivity contribution in [3.63, 3.8) is 0 Å². The van der Waals surface area contributed by atoms with Crippen LogP contribution in [0, 0.1) is 0 Å². The summed E-state index contributed by atoms with van der Waals surface area (Å²) in [7, 11) is 0. The molecule has 2 N–H and O–H groups in total. The third-order valence-electron chi connectivity index (χ3n) is 1.99. The molecule has 0 aliphatic rings. The maximum absolute atomic E-state index is 11.5. The number of hydrogen-bond acceptors (Lipinski definition) is 2. The zero-order chi connectivity index (χ0) is 12.6. The van der Waals surface area contributed by atoms with Crippen LogP contribution in [0.15, 0.2) is 0 Å². The van der Waals surface area contributed by atoms with Crippen LogP contribution in [-0.2, 0) is 9.59 Å². The van der Waals surface area contributed by atoms with Crippen molar-refractivity contribution in [1.29, 1.82) is 0 Å². The van der Waals surface area contributed by atoms with Gasteiger partial charge in [0.2, 0.25) is 11.8 Å². The number of amides is 2. The Labute approximate surface area is 102 Å². The first-order valence-corrected chi connectivity index (χ1v) is 6.16. The Morgan fingerprint density at radius 2 is 1.75 bits per heavy atom. The molecule has 16 heavy (non-hydrogen) atoms. The van der Waals surface area contributed by atoms with E-state index in [2.05, 4.69) is 10.6 Å². The van der Waals surface area contributed by atoms with Gasteiger partial charge in [-0.15, -0.1) is 11.6 Å². The van der Waals surface area contributed by atoms with Gasteiger partial charge in [0.25, 0.3) is 0 Å². The summed E-state index contributed by atoms with van der Waals surface area (Å²) in [4.78, 5) is 22.9. The van der Waals surface area contributed by atoms with Gasteiger partial charge in [-0.25, -0.2) is 0 Å². The maximum Gasteiger partial charge on any atom is 0.242 e. The van der Waals surface area contributed by atoms with Gasteiger partial charge in [-0.2, -0.15) is 0 Å².